The summed E-state index contributed by atoms with van der Waals surface area (Å²) in [6.07, 6.45) is -0.0591. The number of hydrogen-bond donors (Lipinski definition) is 1. The molecule has 0 aliphatic carbocycles. The number of nitrogens with zero attached hydrogens (tertiary/aromatic N) is 4. The number of ether oxygens (including phenoxy) is 2. The average Bonchev–Trinajstić information content (AvgIpc) is 3.33. The molecule has 0 saturated heterocycles. The fourth-order valence-corrected chi connectivity index (χ4v) is 4.50. The molecule has 0 radical (unpaired) electrons. The molecule has 1 unspecified atom stereocenters. The van der Waals surface area contributed by atoms with Gasteiger partial charge < -0.3 is 23.9 Å². The molecule has 0 aliphatic rings. The minimum atomic E-state index is -0.567. The lowest BCUT2D eigenvalue weighted by Gasteiger charge is -2.22. The molecule has 0 aliphatic heterocycles. The number of hydrogen-bond acceptors (Lipinski definition) is 8. The largest absolute Gasteiger partial charge is 0.490 e. The maximum atomic E-state index is 10.4. The van der Waals surface area contributed by atoms with E-state index in [1.54, 1.807) is 0 Å². The van der Waals surface area contributed by atoms with Crippen LogP contribution in [0, 0.1) is 13.8 Å². The van der Waals surface area contributed by atoms with E-state index in [0.29, 0.717) is 53.4 Å². The standard InChI is InChI=1S/C29H35ClN4O4/c1-6-34(7-2)16-23(35)17-37-26-18(4)13-21(14-19(26)5)27-33-25-28(36-8-3)31-24(32-29(25)38-27)15-20-9-11-22(30)12-10-20/h9-14,23,35H,6-8,15-17H2,1-5H3. The van der Waals surface area contributed by atoms with Gasteiger partial charge in [0.1, 0.15) is 24.3 Å². The fourth-order valence-electron chi connectivity index (χ4n) is 4.38. The molecule has 0 bridgehead atoms. The predicted octanol–water partition coefficient (Wildman–Crippen LogP) is 5.63. The Balaban J connectivity index is 1.58. The lowest BCUT2D eigenvalue weighted by Crippen LogP contribution is -2.35. The second kappa shape index (κ2) is 12.6. The first-order chi connectivity index (χ1) is 18.3. The molecule has 2 heterocycles. The molecule has 8 nitrogen and oxygen atoms in total. The molecule has 2 aromatic heterocycles. The second-order valence-corrected chi connectivity index (χ2v) is 9.68. The van der Waals surface area contributed by atoms with Gasteiger partial charge in [0.15, 0.2) is 5.52 Å². The number of oxazole rings is 1. The van der Waals surface area contributed by atoms with Gasteiger partial charge in [0.2, 0.25) is 11.8 Å². The molecule has 0 saturated carbocycles. The van der Waals surface area contributed by atoms with Gasteiger partial charge in [-0.1, -0.05) is 37.6 Å². The Kier molecular flexibility index (Phi) is 9.20. The number of aryl methyl sites for hydroxylation is 2. The van der Waals surface area contributed by atoms with Crippen LogP contribution in [0.5, 0.6) is 11.6 Å². The van der Waals surface area contributed by atoms with Crippen LogP contribution in [-0.2, 0) is 6.42 Å². The Morgan fingerprint density at radius 3 is 2.29 bits per heavy atom. The Labute approximate surface area is 228 Å². The minimum Gasteiger partial charge on any atom is -0.490 e. The summed E-state index contributed by atoms with van der Waals surface area (Å²) >= 11 is 6.02. The number of halogens is 1. The van der Waals surface area contributed by atoms with Crippen molar-refractivity contribution in [1.29, 1.82) is 0 Å². The van der Waals surface area contributed by atoms with Crippen molar-refractivity contribution in [2.75, 3.05) is 32.8 Å². The highest BCUT2D eigenvalue weighted by molar-refractivity contribution is 6.30. The highest BCUT2D eigenvalue weighted by atomic mass is 35.5. The van der Waals surface area contributed by atoms with Gasteiger partial charge in [-0.05, 0) is 74.8 Å². The molecular formula is C29H35ClN4O4. The van der Waals surface area contributed by atoms with Crippen LogP contribution in [0.15, 0.2) is 40.8 Å². The van der Waals surface area contributed by atoms with E-state index in [1.807, 2.05) is 57.2 Å². The normalized spacial score (nSPS) is 12.3. The van der Waals surface area contributed by atoms with E-state index in [4.69, 9.17) is 25.5 Å². The van der Waals surface area contributed by atoms with Crippen LogP contribution in [0.25, 0.3) is 22.7 Å². The van der Waals surface area contributed by atoms with Gasteiger partial charge in [-0.3, -0.25) is 0 Å². The predicted molar refractivity (Wildman–Crippen MR) is 149 cm³/mol. The van der Waals surface area contributed by atoms with Gasteiger partial charge in [-0.2, -0.15) is 9.97 Å². The number of fused-ring (bicyclic) bond motifs is 1. The van der Waals surface area contributed by atoms with E-state index in [9.17, 15) is 5.11 Å². The lowest BCUT2D eigenvalue weighted by atomic mass is 10.1. The minimum absolute atomic E-state index is 0.226. The third-order valence-corrected chi connectivity index (χ3v) is 6.57. The summed E-state index contributed by atoms with van der Waals surface area (Å²) < 4.78 is 17.9. The molecule has 0 fully saturated rings. The van der Waals surface area contributed by atoms with Gasteiger partial charge in [0.05, 0.1) is 6.61 Å². The zero-order chi connectivity index (χ0) is 27.2. The van der Waals surface area contributed by atoms with Crippen molar-refractivity contribution in [3.8, 4) is 23.1 Å². The Bertz CT molecular complexity index is 1350. The maximum Gasteiger partial charge on any atom is 0.254 e. The van der Waals surface area contributed by atoms with Crippen molar-refractivity contribution in [3.63, 3.8) is 0 Å². The van der Waals surface area contributed by atoms with Crippen LogP contribution in [0.2, 0.25) is 5.02 Å². The topological polar surface area (TPSA) is 93.7 Å². The van der Waals surface area contributed by atoms with Crippen molar-refractivity contribution >= 4 is 22.8 Å². The maximum absolute atomic E-state index is 10.4. The van der Waals surface area contributed by atoms with Gasteiger partial charge in [-0.25, -0.2) is 4.98 Å². The SMILES string of the molecule is CCOc1nc(Cc2ccc(Cl)cc2)nc2oc(-c3cc(C)c(OCC(O)CN(CC)CC)c(C)c3)nc12. The van der Waals surface area contributed by atoms with Crippen molar-refractivity contribution in [1.82, 2.24) is 19.9 Å². The van der Waals surface area contributed by atoms with E-state index in [0.717, 1.165) is 41.1 Å². The number of benzene rings is 2. The highest BCUT2D eigenvalue weighted by Crippen LogP contribution is 2.33. The molecule has 38 heavy (non-hydrogen) atoms. The third-order valence-electron chi connectivity index (χ3n) is 6.32. The van der Waals surface area contributed by atoms with Crippen LogP contribution in [-0.4, -0.2) is 63.9 Å². The number of aromatic nitrogens is 3. The van der Waals surface area contributed by atoms with Crippen molar-refractivity contribution in [2.45, 2.75) is 47.1 Å². The molecule has 0 amide bonds. The van der Waals surface area contributed by atoms with E-state index in [1.165, 1.54) is 0 Å². The second-order valence-electron chi connectivity index (χ2n) is 9.24. The monoisotopic (exact) mass is 538 g/mol. The Morgan fingerprint density at radius 1 is 0.974 bits per heavy atom. The first kappa shape index (κ1) is 27.8. The number of likely N-dealkylation sites (N-methyl/N-ethyl adjacent to an activating group) is 1. The van der Waals surface area contributed by atoms with E-state index in [2.05, 4.69) is 33.7 Å². The Morgan fingerprint density at radius 2 is 1.66 bits per heavy atom. The van der Waals surface area contributed by atoms with Gasteiger partial charge in [-0.15, -0.1) is 0 Å². The molecule has 202 valence electrons. The lowest BCUT2D eigenvalue weighted by molar-refractivity contribution is 0.0711. The van der Waals surface area contributed by atoms with Gasteiger partial charge in [0.25, 0.3) is 5.71 Å². The van der Waals surface area contributed by atoms with E-state index >= 15 is 0 Å². The summed E-state index contributed by atoms with van der Waals surface area (Å²) in [7, 11) is 0. The van der Waals surface area contributed by atoms with Crippen LogP contribution < -0.4 is 9.47 Å². The number of aliphatic hydroxyl groups is 1. The summed E-state index contributed by atoms with van der Waals surface area (Å²) in [5, 5.41) is 11.1. The number of rotatable bonds is 12. The first-order valence-corrected chi connectivity index (χ1v) is 13.4. The van der Waals surface area contributed by atoms with Crippen LogP contribution in [0.1, 0.15) is 43.3 Å². The number of aliphatic hydroxyl groups excluding tert-OH is 1. The summed E-state index contributed by atoms with van der Waals surface area (Å²) in [6.45, 7) is 13.0. The average molecular weight is 539 g/mol. The summed E-state index contributed by atoms with van der Waals surface area (Å²) in [5.74, 6) is 2.15. The molecule has 4 aromatic rings. The molecular weight excluding hydrogens is 504 g/mol. The molecule has 9 heteroatoms. The molecule has 1 atom stereocenters. The van der Waals surface area contributed by atoms with Crippen molar-refractivity contribution in [3.05, 3.63) is 63.9 Å². The van der Waals surface area contributed by atoms with Gasteiger partial charge in [0, 0.05) is 23.6 Å². The molecule has 2 aromatic carbocycles. The molecule has 1 N–H and O–H groups in total. The zero-order valence-electron chi connectivity index (χ0n) is 22.6. The quantitative estimate of drug-likeness (QED) is 0.248. The van der Waals surface area contributed by atoms with E-state index < -0.39 is 6.10 Å². The Hall–Kier alpha value is -3.20. The summed E-state index contributed by atoms with van der Waals surface area (Å²) in [5.41, 5.74) is 4.54. The fraction of sp³-hybridized carbons (Fsp3) is 0.414. The molecule has 4 rings (SSSR count). The summed E-state index contributed by atoms with van der Waals surface area (Å²) in [4.78, 5) is 16.1. The van der Waals surface area contributed by atoms with E-state index in [-0.39, 0.29) is 6.61 Å². The third kappa shape index (κ3) is 6.62. The molecule has 0 spiro atoms. The van der Waals surface area contributed by atoms with Crippen LogP contribution in [0.3, 0.4) is 0 Å². The van der Waals surface area contributed by atoms with Gasteiger partial charge >= 0.3 is 0 Å². The smallest absolute Gasteiger partial charge is 0.254 e. The summed E-state index contributed by atoms with van der Waals surface area (Å²) in [6, 6.07) is 11.5. The van der Waals surface area contributed by atoms with Crippen LogP contribution >= 0.6 is 11.6 Å². The zero-order valence-corrected chi connectivity index (χ0v) is 23.4. The van der Waals surface area contributed by atoms with Crippen molar-refractivity contribution in [2.24, 2.45) is 0 Å². The van der Waals surface area contributed by atoms with Crippen LogP contribution in [0.4, 0.5) is 0 Å². The van der Waals surface area contributed by atoms with Crippen molar-refractivity contribution < 1.29 is 19.0 Å². The highest BCUT2D eigenvalue weighted by Gasteiger charge is 2.19. The first-order valence-electron chi connectivity index (χ1n) is 13.0.